The van der Waals surface area contributed by atoms with Gasteiger partial charge >= 0.3 is 11.5 Å². The van der Waals surface area contributed by atoms with Crippen molar-refractivity contribution in [2.45, 2.75) is 5.51 Å². The molecular formula is C2H5F3N2O4S. The summed E-state index contributed by atoms with van der Waals surface area (Å²) in [5.74, 6) is 0. The van der Waals surface area contributed by atoms with Crippen LogP contribution in [0.25, 0.3) is 0 Å². The van der Waals surface area contributed by atoms with Crippen LogP contribution in [0, 0.1) is 0 Å². The molecule has 0 aromatic heterocycles. The Morgan fingerprint density at radius 3 is 1.50 bits per heavy atom. The Morgan fingerprint density at radius 1 is 1.42 bits per heavy atom. The van der Waals surface area contributed by atoms with Gasteiger partial charge in [0.2, 0.25) is 0 Å². The van der Waals surface area contributed by atoms with E-state index in [0.29, 0.717) is 0 Å². The molecule has 0 spiro atoms. The number of hydrogen-bond donors (Lipinski definition) is 2. The molecule has 0 saturated heterocycles. The van der Waals surface area contributed by atoms with Crippen LogP contribution in [0.15, 0.2) is 0 Å². The summed E-state index contributed by atoms with van der Waals surface area (Å²) >= 11 is 0. The lowest BCUT2D eigenvalue weighted by molar-refractivity contribution is -0.245. The number of carbonyl (C=O) groups excluding carboxylic acids is 1. The molecule has 0 aliphatic heterocycles. The van der Waals surface area contributed by atoms with Crippen molar-refractivity contribution in [1.29, 1.82) is 0 Å². The van der Waals surface area contributed by atoms with Crippen LogP contribution >= 0.6 is 0 Å². The van der Waals surface area contributed by atoms with Crippen molar-refractivity contribution in [2.24, 2.45) is 5.73 Å². The molecule has 0 unspecified atom stereocenters. The molecule has 74 valence electrons. The third kappa shape index (κ3) is 9.13. The Labute approximate surface area is 65.1 Å². The zero-order valence-electron chi connectivity index (χ0n) is 5.46. The molecule has 12 heavy (non-hydrogen) atoms. The molecule has 5 N–H and O–H groups in total. The third-order valence-electron chi connectivity index (χ3n) is 0.283. The van der Waals surface area contributed by atoms with Crippen molar-refractivity contribution in [1.82, 2.24) is 0 Å². The molecule has 6 nitrogen and oxygen atoms in total. The molecule has 0 bridgehead atoms. The van der Waals surface area contributed by atoms with Crippen molar-refractivity contribution in [2.75, 3.05) is 0 Å². The van der Waals surface area contributed by atoms with Gasteiger partial charge in [-0.25, -0.2) is 13.2 Å². The first-order chi connectivity index (χ1) is 4.98. The Morgan fingerprint density at radius 2 is 1.50 bits per heavy atom. The number of hydrogen-bond acceptors (Lipinski definition) is 4. The Bertz CT molecular complexity index is 240. The van der Waals surface area contributed by atoms with Crippen LogP contribution in [0.5, 0.6) is 0 Å². The Kier molecular flexibility index (Phi) is 4.83. The highest BCUT2D eigenvalue weighted by molar-refractivity contribution is 7.86. The van der Waals surface area contributed by atoms with Crippen molar-refractivity contribution in [3.05, 3.63) is 0 Å². The summed E-state index contributed by atoms with van der Waals surface area (Å²) in [5, 5.41) is 0. The zero-order valence-corrected chi connectivity index (χ0v) is 6.28. The number of alkyl halides is 3. The fraction of sp³-hybridized carbons (Fsp3) is 0.500. The van der Waals surface area contributed by atoms with Gasteiger partial charge in [-0.3, -0.25) is 5.73 Å². The second-order valence-electron chi connectivity index (χ2n) is 1.37. The standard InChI is InChI=1S/CHF3O3S.CH4N2O/c2-1(3,4)8(5,6)7;2-1(3)4/h(H,5,6,7);(H4,2,3,4). The Balaban J connectivity index is 0. The highest BCUT2D eigenvalue weighted by atomic mass is 32.2. The number of primary amides is 1. The summed E-state index contributed by atoms with van der Waals surface area (Å²) in [6.45, 7) is 0. The maximum absolute atomic E-state index is 10.7. The molecule has 0 saturated carbocycles. The predicted molar refractivity (Wildman–Crippen MR) is 28.2 cm³/mol. The van der Waals surface area contributed by atoms with E-state index < -0.39 is 21.7 Å². The monoisotopic (exact) mass is 210 g/mol. The van der Waals surface area contributed by atoms with Gasteiger partial charge in [-0.2, -0.15) is 13.2 Å². The lowest BCUT2D eigenvalue weighted by atomic mass is 11.2. The van der Waals surface area contributed by atoms with E-state index in [1.807, 2.05) is 0 Å². The minimum absolute atomic E-state index is 0.583. The maximum atomic E-state index is 10.7. The topological polar surface area (TPSA) is 128 Å². The van der Waals surface area contributed by atoms with Crippen LogP contribution in [0.2, 0.25) is 0 Å². The number of nitrogens with two attached hydrogens (primary N) is 1. The van der Waals surface area contributed by atoms with Crippen LogP contribution in [0.4, 0.5) is 18.0 Å². The summed E-state index contributed by atoms with van der Waals surface area (Å²) in [4.78, 5) is 9.11. The normalized spacial score (nSPS) is 11.4. The Hall–Kier alpha value is -0.870. The molecule has 10 heteroatoms. The maximum Gasteiger partial charge on any atom is 0.485 e. The number of carbonyl (C=O) groups is 1. The van der Waals surface area contributed by atoms with E-state index in [1.165, 1.54) is 0 Å². The minimum Gasteiger partial charge on any atom is -0.741 e. The molecular weight excluding hydrogens is 205 g/mol. The van der Waals surface area contributed by atoms with E-state index in [9.17, 15) is 13.2 Å². The SMILES string of the molecule is NC([NH3+])=O.O=S(=O)([O-])C(F)(F)F. The van der Waals surface area contributed by atoms with E-state index in [-0.39, 0.29) is 0 Å². The molecule has 0 fully saturated rings. The summed E-state index contributed by atoms with van der Waals surface area (Å²) in [5.41, 5.74) is 1.49. The predicted octanol–water partition coefficient (Wildman–Crippen LogP) is -1.64. The van der Waals surface area contributed by atoms with Gasteiger partial charge in [0, 0.05) is 0 Å². The van der Waals surface area contributed by atoms with Crippen LogP contribution in [-0.2, 0) is 10.1 Å². The van der Waals surface area contributed by atoms with Gasteiger partial charge in [0.05, 0.1) is 0 Å². The first-order valence-corrected chi connectivity index (χ1v) is 3.53. The van der Waals surface area contributed by atoms with Crippen LogP contribution in [0.3, 0.4) is 0 Å². The lowest BCUT2D eigenvalue weighted by Crippen LogP contribution is -2.60. The second-order valence-corrected chi connectivity index (χ2v) is 2.74. The van der Waals surface area contributed by atoms with Crippen LogP contribution < -0.4 is 11.5 Å². The van der Waals surface area contributed by atoms with E-state index in [1.54, 1.807) is 0 Å². The average molecular weight is 210 g/mol. The first kappa shape index (κ1) is 13.7. The minimum atomic E-state index is -6.09. The molecule has 0 radical (unpaired) electrons. The second kappa shape index (κ2) is 4.23. The smallest absolute Gasteiger partial charge is 0.485 e. The van der Waals surface area contributed by atoms with Gasteiger partial charge in [0.15, 0.2) is 10.1 Å². The molecule has 0 atom stereocenters. The number of quaternary nitrogens is 1. The van der Waals surface area contributed by atoms with Crippen LogP contribution in [-0.4, -0.2) is 24.5 Å². The third-order valence-corrected chi connectivity index (χ3v) is 0.850. The molecule has 0 aliphatic carbocycles. The summed E-state index contributed by atoms with van der Waals surface area (Å²) < 4.78 is 58.9. The molecule has 0 rings (SSSR count). The van der Waals surface area contributed by atoms with Gasteiger partial charge in [-0.1, -0.05) is 0 Å². The average Bonchev–Trinajstić information content (AvgIpc) is 1.55. The number of amides is 2. The zero-order chi connectivity index (χ0) is 10.6. The summed E-state index contributed by atoms with van der Waals surface area (Å²) in [7, 11) is -6.09. The first-order valence-electron chi connectivity index (χ1n) is 2.12. The lowest BCUT2D eigenvalue weighted by Gasteiger charge is -2.08. The quantitative estimate of drug-likeness (QED) is 0.367. The molecule has 0 heterocycles. The fourth-order valence-corrected chi connectivity index (χ4v) is 0. The van der Waals surface area contributed by atoms with Crippen molar-refractivity contribution < 1.29 is 36.7 Å². The van der Waals surface area contributed by atoms with Gasteiger partial charge < -0.3 is 10.3 Å². The van der Waals surface area contributed by atoms with Crippen LogP contribution in [0.1, 0.15) is 0 Å². The molecule has 2 amide bonds. The fourth-order valence-electron chi connectivity index (χ4n) is 0. The summed E-state index contributed by atoms with van der Waals surface area (Å²) in [6.07, 6.45) is 0. The molecule has 0 aliphatic rings. The highest BCUT2D eigenvalue weighted by Crippen LogP contribution is 2.20. The van der Waals surface area contributed by atoms with E-state index >= 15 is 0 Å². The van der Waals surface area contributed by atoms with Gasteiger partial charge in [-0.15, -0.1) is 0 Å². The van der Waals surface area contributed by atoms with Gasteiger partial charge in [0.25, 0.3) is 0 Å². The molecule has 0 aromatic rings. The van der Waals surface area contributed by atoms with E-state index in [4.69, 9.17) is 17.8 Å². The summed E-state index contributed by atoms with van der Waals surface area (Å²) in [6, 6.07) is -0.583. The van der Waals surface area contributed by atoms with Crippen molar-refractivity contribution in [3.8, 4) is 0 Å². The molecule has 0 aromatic carbocycles. The van der Waals surface area contributed by atoms with Crippen molar-refractivity contribution in [3.63, 3.8) is 0 Å². The largest absolute Gasteiger partial charge is 0.741 e. The number of rotatable bonds is 0. The van der Waals surface area contributed by atoms with Gasteiger partial charge in [0.1, 0.15) is 0 Å². The van der Waals surface area contributed by atoms with E-state index in [0.717, 1.165) is 0 Å². The van der Waals surface area contributed by atoms with E-state index in [2.05, 4.69) is 11.5 Å². The number of halogens is 3. The van der Waals surface area contributed by atoms with Crippen molar-refractivity contribution >= 4 is 16.1 Å². The highest BCUT2D eigenvalue weighted by Gasteiger charge is 2.36. The number of urea groups is 1. The van der Waals surface area contributed by atoms with Gasteiger partial charge in [-0.05, 0) is 0 Å².